The van der Waals surface area contributed by atoms with Crippen LogP contribution in [0.15, 0.2) is 30.4 Å². The Morgan fingerprint density at radius 1 is 1.38 bits per heavy atom. The van der Waals surface area contributed by atoms with Crippen molar-refractivity contribution >= 4 is 29.3 Å². The van der Waals surface area contributed by atoms with E-state index in [-0.39, 0.29) is 10.6 Å². The second kappa shape index (κ2) is 8.28. The molecule has 2 amide bonds. The highest BCUT2D eigenvalue weighted by atomic mass is 35.5. The lowest BCUT2D eigenvalue weighted by atomic mass is 10.2. The van der Waals surface area contributed by atoms with Gasteiger partial charge in [0.2, 0.25) is 0 Å². The summed E-state index contributed by atoms with van der Waals surface area (Å²) in [6.45, 7) is 6.66. The Bertz CT molecular complexity index is 546. The van der Waals surface area contributed by atoms with E-state index in [2.05, 4.69) is 17.2 Å². The van der Waals surface area contributed by atoms with E-state index in [4.69, 9.17) is 21.4 Å². The van der Waals surface area contributed by atoms with E-state index in [0.717, 1.165) is 5.57 Å². The van der Waals surface area contributed by atoms with Crippen LogP contribution in [0.2, 0.25) is 5.02 Å². The van der Waals surface area contributed by atoms with Crippen LogP contribution in [0.1, 0.15) is 17.3 Å². The van der Waals surface area contributed by atoms with Crippen LogP contribution in [-0.2, 0) is 4.74 Å². The molecular weight excluding hydrogens is 296 g/mol. The molecule has 0 aromatic heterocycles. The molecule has 1 rings (SSSR count). The topological polar surface area (TPSA) is 87.7 Å². The average Bonchev–Trinajstić information content (AvgIpc) is 2.37. The van der Waals surface area contributed by atoms with Crippen LogP contribution >= 0.6 is 11.6 Å². The van der Waals surface area contributed by atoms with E-state index in [9.17, 15) is 9.59 Å². The Morgan fingerprint density at radius 3 is 2.71 bits per heavy atom. The number of anilines is 1. The fraction of sp³-hybridized carbons (Fsp3) is 0.286. The maximum Gasteiger partial charge on any atom is 0.335 e. The van der Waals surface area contributed by atoms with Crippen molar-refractivity contribution in [1.82, 2.24) is 5.32 Å². The molecule has 0 aliphatic carbocycles. The minimum Gasteiger partial charge on any atom is -0.478 e. The van der Waals surface area contributed by atoms with Crippen LogP contribution in [-0.4, -0.2) is 36.9 Å². The smallest absolute Gasteiger partial charge is 0.335 e. The van der Waals surface area contributed by atoms with Crippen LogP contribution in [0.3, 0.4) is 0 Å². The van der Waals surface area contributed by atoms with Gasteiger partial charge in [0, 0.05) is 17.3 Å². The Kier molecular flexibility index (Phi) is 6.71. The normalized spacial score (nSPS) is 10.0. The first kappa shape index (κ1) is 17.0. The van der Waals surface area contributed by atoms with E-state index >= 15 is 0 Å². The van der Waals surface area contributed by atoms with Gasteiger partial charge in [-0.25, -0.2) is 9.59 Å². The molecule has 0 bridgehead atoms. The van der Waals surface area contributed by atoms with Gasteiger partial charge in [-0.2, -0.15) is 0 Å². The number of urea groups is 1. The number of carboxylic acid groups (broad SMARTS) is 1. The fourth-order valence-corrected chi connectivity index (χ4v) is 1.68. The number of rotatable bonds is 7. The number of amides is 2. The largest absolute Gasteiger partial charge is 0.478 e. The molecule has 0 atom stereocenters. The number of carbonyl (C=O) groups is 2. The van der Waals surface area contributed by atoms with E-state index < -0.39 is 12.0 Å². The van der Waals surface area contributed by atoms with Gasteiger partial charge < -0.3 is 20.5 Å². The van der Waals surface area contributed by atoms with Crippen molar-refractivity contribution in [2.75, 3.05) is 25.1 Å². The highest BCUT2D eigenvalue weighted by molar-refractivity contribution is 6.31. The van der Waals surface area contributed by atoms with E-state index in [0.29, 0.717) is 25.4 Å². The molecule has 1 aromatic carbocycles. The standard InChI is InChI=1S/C14H17ClN2O4/c1-9(2)8-21-4-3-16-14(20)17-12-6-10(13(18)19)5-11(15)7-12/h5-7H,1,3-4,8H2,2H3,(H,18,19)(H2,16,17,20). The monoisotopic (exact) mass is 312 g/mol. The molecule has 0 spiro atoms. The highest BCUT2D eigenvalue weighted by Gasteiger charge is 2.08. The molecule has 1 aromatic rings. The van der Waals surface area contributed by atoms with E-state index in [1.54, 1.807) is 0 Å². The fourth-order valence-electron chi connectivity index (χ4n) is 1.44. The number of ether oxygens (including phenoxy) is 1. The van der Waals surface area contributed by atoms with Crippen LogP contribution in [0.25, 0.3) is 0 Å². The van der Waals surface area contributed by atoms with Gasteiger partial charge >= 0.3 is 12.0 Å². The lowest BCUT2D eigenvalue weighted by molar-refractivity contribution is 0.0697. The van der Waals surface area contributed by atoms with Crippen molar-refractivity contribution in [3.05, 3.63) is 40.9 Å². The van der Waals surface area contributed by atoms with Crippen molar-refractivity contribution in [3.63, 3.8) is 0 Å². The third-order valence-corrected chi connectivity index (χ3v) is 2.50. The summed E-state index contributed by atoms with van der Waals surface area (Å²) in [6.07, 6.45) is 0. The zero-order chi connectivity index (χ0) is 15.8. The van der Waals surface area contributed by atoms with Gasteiger partial charge in [-0.3, -0.25) is 0 Å². The quantitative estimate of drug-likeness (QED) is 0.533. The number of carbonyl (C=O) groups excluding carboxylic acids is 1. The molecular formula is C14H17ClN2O4. The van der Waals surface area contributed by atoms with Gasteiger partial charge in [0.1, 0.15) is 0 Å². The summed E-state index contributed by atoms with van der Waals surface area (Å²) in [4.78, 5) is 22.5. The summed E-state index contributed by atoms with van der Waals surface area (Å²) < 4.78 is 5.22. The lowest BCUT2D eigenvalue weighted by Gasteiger charge is -2.09. The number of aromatic carboxylic acids is 1. The molecule has 3 N–H and O–H groups in total. The van der Waals surface area contributed by atoms with Crippen molar-refractivity contribution in [1.29, 1.82) is 0 Å². The average molecular weight is 313 g/mol. The number of hydrogen-bond acceptors (Lipinski definition) is 3. The van der Waals surface area contributed by atoms with Crippen LogP contribution in [0.5, 0.6) is 0 Å². The second-order valence-corrected chi connectivity index (χ2v) is 4.86. The number of hydrogen-bond donors (Lipinski definition) is 3. The minimum absolute atomic E-state index is 0.00240. The molecule has 0 aliphatic heterocycles. The summed E-state index contributed by atoms with van der Waals surface area (Å²) in [5.74, 6) is -1.12. The van der Waals surface area contributed by atoms with Gasteiger partial charge in [0.15, 0.2) is 0 Å². The molecule has 0 unspecified atom stereocenters. The maximum atomic E-state index is 11.6. The first-order chi connectivity index (χ1) is 9.88. The molecule has 0 radical (unpaired) electrons. The molecule has 0 saturated heterocycles. The molecule has 6 nitrogen and oxygen atoms in total. The molecule has 0 aliphatic rings. The molecule has 114 valence electrons. The van der Waals surface area contributed by atoms with Crippen LogP contribution in [0.4, 0.5) is 10.5 Å². The number of benzene rings is 1. The van der Waals surface area contributed by atoms with Crippen molar-refractivity contribution in [2.45, 2.75) is 6.92 Å². The lowest BCUT2D eigenvalue weighted by Crippen LogP contribution is -2.31. The van der Waals surface area contributed by atoms with Gasteiger partial charge in [-0.15, -0.1) is 0 Å². The minimum atomic E-state index is -1.12. The molecule has 0 heterocycles. The summed E-state index contributed by atoms with van der Waals surface area (Å²) >= 11 is 5.79. The third-order valence-electron chi connectivity index (χ3n) is 2.28. The van der Waals surface area contributed by atoms with Crippen LogP contribution in [0, 0.1) is 0 Å². The number of carboxylic acids is 1. The van der Waals surface area contributed by atoms with E-state index in [1.807, 2.05) is 6.92 Å². The number of halogens is 1. The van der Waals surface area contributed by atoms with Gasteiger partial charge in [-0.1, -0.05) is 23.8 Å². The third kappa shape index (κ3) is 6.78. The van der Waals surface area contributed by atoms with E-state index in [1.165, 1.54) is 18.2 Å². The molecule has 0 fully saturated rings. The van der Waals surface area contributed by atoms with Crippen molar-refractivity contribution in [3.8, 4) is 0 Å². The zero-order valence-corrected chi connectivity index (χ0v) is 12.4. The summed E-state index contributed by atoms with van der Waals surface area (Å²) in [5.41, 5.74) is 1.21. The Balaban J connectivity index is 2.44. The second-order valence-electron chi connectivity index (χ2n) is 4.42. The summed E-state index contributed by atoms with van der Waals surface area (Å²) in [5, 5.41) is 14.2. The molecule has 21 heavy (non-hydrogen) atoms. The number of nitrogens with one attached hydrogen (secondary N) is 2. The molecule has 7 heteroatoms. The SMILES string of the molecule is C=C(C)COCCNC(=O)Nc1cc(Cl)cc(C(=O)O)c1. The van der Waals surface area contributed by atoms with Crippen molar-refractivity contribution < 1.29 is 19.4 Å². The maximum absolute atomic E-state index is 11.6. The molecule has 0 saturated carbocycles. The summed E-state index contributed by atoms with van der Waals surface area (Å²) in [6, 6.07) is 3.63. The zero-order valence-electron chi connectivity index (χ0n) is 11.6. The first-order valence-corrected chi connectivity index (χ1v) is 6.57. The summed E-state index contributed by atoms with van der Waals surface area (Å²) in [7, 11) is 0. The van der Waals surface area contributed by atoms with Gasteiger partial charge in [0.25, 0.3) is 0 Å². The highest BCUT2D eigenvalue weighted by Crippen LogP contribution is 2.19. The van der Waals surface area contributed by atoms with Gasteiger partial charge in [-0.05, 0) is 25.1 Å². The van der Waals surface area contributed by atoms with Crippen molar-refractivity contribution in [2.24, 2.45) is 0 Å². The Hall–Kier alpha value is -2.05. The first-order valence-electron chi connectivity index (χ1n) is 6.19. The Morgan fingerprint density at radius 2 is 2.10 bits per heavy atom. The van der Waals surface area contributed by atoms with Gasteiger partial charge in [0.05, 0.1) is 18.8 Å². The predicted molar refractivity (Wildman–Crippen MR) is 81.1 cm³/mol. The van der Waals surface area contributed by atoms with Crippen LogP contribution < -0.4 is 10.6 Å². The Labute approximate surface area is 127 Å². The predicted octanol–water partition coefficient (Wildman–Crippen LogP) is 2.75.